The summed E-state index contributed by atoms with van der Waals surface area (Å²) in [4.78, 5) is 3.41. The lowest BCUT2D eigenvalue weighted by atomic mass is 9.88. The molecule has 0 spiro atoms. The molecule has 0 aromatic carbocycles. The Labute approximate surface area is 82.0 Å². The second-order valence-corrected chi connectivity index (χ2v) is 4.80. The second kappa shape index (κ2) is 3.55. The van der Waals surface area contributed by atoms with Crippen molar-refractivity contribution >= 4 is 21.1 Å². The van der Waals surface area contributed by atoms with E-state index in [0.29, 0.717) is 0 Å². The van der Waals surface area contributed by atoms with E-state index in [2.05, 4.69) is 53.2 Å². The van der Waals surface area contributed by atoms with Crippen molar-refractivity contribution in [1.29, 1.82) is 0 Å². The Bertz CT molecular complexity index is 301. The van der Waals surface area contributed by atoms with Gasteiger partial charge in [-0.25, -0.2) is 0 Å². The maximum Gasteiger partial charge on any atom is 0.274 e. The van der Waals surface area contributed by atoms with Crippen LogP contribution in [0.5, 0.6) is 0 Å². The highest BCUT2D eigenvalue weighted by Crippen LogP contribution is 2.04. The van der Waals surface area contributed by atoms with Gasteiger partial charge in [0.05, 0.1) is 5.54 Å². The van der Waals surface area contributed by atoms with Crippen molar-refractivity contribution in [3.8, 4) is 0 Å². The highest BCUT2D eigenvalue weighted by Gasteiger charge is 2.09. The molecule has 12 heavy (non-hydrogen) atoms. The summed E-state index contributed by atoms with van der Waals surface area (Å²) in [5.41, 5.74) is 4.43. The molecule has 0 aliphatic heterocycles. The number of nitrogens with one attached hydrogen (secondary N) is 1. The van der Waals surface area contributed by atoms with Crippen LogP contribution in [0.4, 0.5) is 0 Å². The first-order chi connectivity index (χ1) is 5.49. The van der Waals surface area contributed by atoms with E-state index in [1.807, 2.05) is 12.2 Å². The van der Waals surface area contributed by atoms with Gasteiger partial charge in [-0.15, -0.1) is 5.47 Å². The first-order valence-electron chi connectivity index (χ1n) is 4.04. The second-order valence-electron chi connectivity index (χ2n) is 3.88. The van der Waals surface area contributed by atoms with E-state index in [1.165, 1.54) is 0 Å². The summed E-state index contributed by atoms with van der Waals surface area (Å²) in [6.45, 7) is 6.43. The Morgan fingerprint density at radius 2 is 2.17 bits per heavy atom. The summed E-state index contributed by atoms with van der Waals surface area (Å²) in [6, 6.07) is 0. The third kappa shape index (κ3) is 2.92. The molecule has 0 aromatic heterocycles. The molecular formula is C9H13BBrN. The van der Waals surface area contributed by atoms with Crippen molar-refractivity contribution in [3.63, 3.8) is 0 Å². The monoisotopic (exact) mass is 225 g/mol. The molecule has 0 unspecified atom stereocenters. The lowest BCUT2D eigenvalue weighted by Gasteiger charge is -2.14. The summed E-state index contributed by atoms with van der Waals surface area (Å²) in [6.07, 6.45) is 5.97. The lowest BCUT2D eigenvalue weighted by molar-refractivity contribution is -0.525. The van der Waals surface area contributed by atoms with Crippen LogP contribution < -0.4 is 4.90 Å². The molecule has 1 aliphatic rings. The van der Waals surface area contributed by atoms with Crippen LogP contribution in [0, 0.1) is 0 Å². The van der Waals surface area contributed by atoms with E-state index >= 15 is 0 Å². The maximum absolute atomic E-state index is 3.56. The summed E-state index contributed by atoms with van der Waals surface area (Å²) in [5.74, 6) is 0. The molecule has 0 atom stereocenters. The summed E-state index contributed by atoms with van der Waals surface area (Å²) in [5, 5.41) is 0.201. The standard InChI is InChI=1S/C9H13BBrN/c1-9(2,3)12-10(11)8-6-4-5-7-8/h4-6,12H,1-3H3. The predicted molar refractivity (Wildman–Crippen MR) is 56.1 cm³/mol. The van der Waals surface area contributed by atoms with Gasteiger partial charge in [-0.2, -0.15) is 5.73 Å². The third-order valence-corrected chi connectivity index (χ3v) is 2.18. The summed E-state index contributed by atoms with van der Waals surface area (Å²) >= 11 is 3.56. The zero-order valence-corrected chi connectivity index (χ0v) is 9.27. The van der Waals surface area contributed by atoms with E-state index in [-0.39, 0.29) is 10.9 Å². The Balaban J connectivity index is 2.85. The van der Waals surface area contributed by atoms with Crippen LogP contribution in [0.1, 0.15) is 20.8 Å². The van der Waals surface area contributed by atoms with Gasteiger partial charge in [0.1, 0.15) is 0 Å². The Hall–Kier alpha value is -0.395. The molecule has 0 radical (unpaired) electrons. The van der Waals surface area contributed by atoms with E-state index in [1.54, 1.807) is 0 Å². The van der Waals surface area contributed by atoms with Gasteiger partial charge >= 0.3 is 0 Å². The van der Waals surface area contributed by atoms with Gasteiger partial charge in [0.2, 0.25) is 0 Å². The molecule has 1 nitrogen and oxygen atoms in total. The normalized spacial score (nSPS) is 17.0. The van der Waals surface area contributed by atoms with Gasteiger partial charge in [0.25, 0.3) is 5.33 Å². The molecule has 0 fully saturated rings. The number of halogens is 1. The SMILES string of the molecule is CC(C)(C)[NH+]=[B-](Br)C1=C=CC=C1. The first kappa shape index (κ1) is 9.69. The first-order valence-corrected chi connectivity index (χ1v) is 4.96. The van der Waals surface area contributed by atoms with E-state index in [9.17, 15) is 0 Å². The molecule has 64 valence electrons. The van der Waals surface area contributed by atoms with Crippen molar-refractivity contribution in [1.82, 2.24) is 0 Å². The van der Waals surface area contributed by atoms with Crippen LogP contribution in [-0.4, -0.2) is 10.9 Å². The fourth-order valence-corrected chi connectivity index (χ4v) is 1.93. The fourth-order valence-electron chi connectivity index (χ4n) is 0.960. The molecule has 3 heteroatoms. The molecule has 1 rings (SSSR count). The van der Waals surface area contributed by atoms with Gasteiger partial charge in [0, 0.05) is 0 Å². The molecule has 0 bridgehead atoms. The molecule has 0 saturated heterocycles. The van der Waals surface area contributed by atoms with Crippen molar-refractivity contribution < 1.29 is 4.90 Å². The Kier molecular flexibility index (Phi) is 2.87. The maximum atomic E-state index is 3.56. The highest BCUT2D eigenvalue weighted by molar-refractivity contribution is 9.24. The quantitative estimate of drug-likeness (QED) is 0.510. The van der Waals surface area contributed by atoms with Crippen LogP contribution in [0.25, 0.3) is 0 Å². The predicted octanol–water partition coefficient (Wildman–Crippen LogP) is 1.21. The van der Waals surface area contributed by atoms with Crippen LogP contribution in [0.15, 0.2) is 29.4 Å². The molecule has 0 saturated carbocycles. The summed E-state index contributed by atoms with van der Waals surface area (Å²) < 4.78 is 0. The number of hydrogen-bond donors (Lipinski definition) is 1. The van der Waals surface area contributed by atoms with Crippen LogP contribution in [0.2, 0.25) is 0 Å². The molecule has 0 aromatic rings. The number of hydrogen-bond acceptors (Lipinski definition) is 0. The van der Waals surface area contributed by atoms with E-state index < -0.39 is 0 Å². The lowest BCUT2D eigenvalue weighted by Crippen LogP contribution is -2.84. The third-order valence-electron chi connectivity index (χ3n) is 1.45. The fraction of sp³-hybridized carbons (Fsp3) is 0.444. The van der Waals surface area contributed by atoms with E-state index in [4.69, 9.17) is 0 Å². The van der Waals surface area contributed by atoms with Gasteiger partial charge < -0.3 is 4.90 Å². The smallest absolute Gasteiger partial charge is 0.274 e. The number of rotatable bonds is 1. The van der Waals surface area contributed by atoms with Gasteiger partial charge in [-0.1, -0.05) is 12.2 Å². The topological polar surface area (TPSA) is 14.0 Å². The minimum absolute atomic E-state index is 0.124. The molecular weight excluding hydrogens is 213 g/mol. The number of allylic oxidation sites excluding steroid dienone is 3. The Morgan fingerprint density at radius 3 is 2.58 bits per heavy atom. The Morgan fingerprint density at radius 1 is 1.50 bits per heavy atom. The minimum Gasteiger partial charge on any atom is -0.494 e. The van der Waals surface area contributed by atoms with Crippen molar-refractivity contribution in [2.24, 2.45) is 0 Å². The molecule has 0 amide bonds. The van der Waals surface area contributed by atoms with Crippen LogP contribution in [0.3, 0.4) is 0 Å². The molecule has 1 N–H and O–H groups in total. The van der Waals surface area contributed by atoms with E-state index in [0.717, 1.165) is 5.47 Å². The zero-order valence-electron chi connectivity index (χ0n) is 7.69. The van der Waals surface area contributed by atoms with Crippen molar-refractivity contribution in [2.75, 3.05) is 0 Å². The molecule has 0 heterocycles. The molecule has 1 aliphatic carbocycles. The average Bonchev–Trinajstić information content (AvgIpc) is 2.32. The minimum atomic E-state index is 0.124. The van der Waals surface area contributed by atoms with Gasteiger partial charge in [-0.3, -0.25) is 15.8 Å². The van der Waals surface area contributed by atoms with Crippen LogP contribution >= 0.6 is 15.8 Å². The zero-order chi connectivity index (χ0) is 9.19. The van der Waals surface area contributed by atoms with Gasteiger partial charge in [-0.05, 0) is 26.8 Å². The highest BCUT2D eigenvalue weighted by atomic mass is 79.9. The average molecular weight is 226 g/mol. The summed E-state index contributed by atoms with van der Waals surface area (Å²) in [7, 11) is 0. The van der Waals surface area contributed by atoms with Gasteiger partial charge in [0.15, 0.2) is 0 Å². The largest absolute Gasteiger partial charge is 0.494 e. The van der Waals surface area contributed by atoms with Crippen LogP contribution in [-0.2, 0) is 0 Å². The van der Waals surface area contributed by atoms with Crippen molar-refractivity contribution in [3.05, 3.63) is 29.4 Å². The van der Waals surface area contributed by atoms with Crippen molar-refractivity contribution in [2.45, 2.75) is 26.3 Å².